The molecule has 2 atom stereocenters. The Morgan fingerprint density at radius 3 is 1.75 bits per heavy atom. The van der Waals surface area contributed by atoms with Crippen molar-refractivity contribution in [2.24, 2.45) is 4.99 Å². The highest BCUT2D eigenvalue weighted by molar-refractivity contribution is 6.15. The van der Waals surface area contributed by atoms with Crippen LogP contribution < -0.4 is 0 Å². The summed E-state index contributed by atoms with van der Waals surface area (Å²) in [6, 6.07) is 13.8. The van der Waals surface area contributed by atoms with Gasteiger partial charge in [0.05, 0.1) is 11.3 Å². The number of aliphatic imine (C=N–C) groups is 1. The molecule has 1 heterocycles. The molecule has 2 aromatic carbocycles. The first-order chi connectivity index (χ1) is 18.1. The van der Waals surface area contributed by atoms with Crippen molar-refractivity contribution in [3.8, 4) is 0 Å². The predicted molar refractivity (Wildman–Crippen MR) is 118 cm³/mol. The summed E-state index contributed by atoms with van der Waals surface area (Å²) >= 11 is 0. The van der Waals surface area contributed by atoms with Crippen molar-refractivity contribution in [1.29, 1.82) is 0 Å². The summed E-state index contributed by atoms with van der Waals surface area (Å²) in [7, 11) is 0. The van der Waals surface area contributed by atoms with Gasteiger partial charge >= 0.3 is 35.8 Å². The maximum atomic E-state index is 15.2. The molecular weight excluding hydrogens is 573 g/mol. The maximum absolute atomic E-state index is 15.2. The molecule has 40 heavy (non-hydrogen) atoms. The summed E-state index contributed by atoms with van der Waals surface area (Å²) in [5, 5.41) is 0. The molecule has 220 valence electrons. The fourth-order valence-electron chi connectivity index (χ4n) is 5.67. The van der Waals surface area contributed by atoms with Gasteiger partial charge in [0.2, 0.25) is 0 Å². The predicted octanol–water partition coefficient (Wildman–Crippen LogP) is 8.85. The number of alkyl halides is 13. The van der Waals surface area contributed by atoms with Crippen molar-refractivity contribution < 1.29 is 57.1 Å². The molecule has 2 aliphatic rings. The standard InChI is InChI=1S/C26H20F13N/c1-19-12-7-13-20(19,40-18(15-8-3-2-4-9-15)16-10-5-6-11-17(16)19)14-21(27,28)22(29,30)23(31,32)24(33,34)25(35,36)26(37,38)39/h2-6,8-11H,7,12-14H2,1H3/t19-,20+/m1/s1. The Hall–Kier alpha value is -2.80. The fourth-order valence-corrected chi connectivity index (χ4v) is 5.67. The summed E-state index contributed by atoms with van der Waals surface area (Å²) in [6.45, 7) is 1.35. The summed E-state index contributed by atoms with van der Waals surface area (Å²) in [6.07, 6.45) is -10.1. The van der Waals surface area contributed by atoms with Crippen LogP contribution in [0.25, 0.3) is 0 Å². The number of rotatable bonds is 7. The zero-order valence-electron chi connectivity index (χ0n) is 20.4. The van der Waals surface area contributed by atoms with E-state index in [0.29, 0.717) is 16.7 Å². The summed E-state index contributed by atoms with van der Waals surface area (Å²) < 4.78 is 180. The van der Waals surface area contributed by atoms with Gasteiger partial charge in [-0.15, -0.1) is 0 Å². The molecule has 14 heteroatoms. The van der Waals surface area contributed by atoms with Crippen LogP contribution in [0.15, 0.2) is 59.6 Å². The largest absolute Gasteiger partial charge is 0.460 e. The third kappa shape index (κ3) is 3.87. The Morgan fingerprint density at radius 1 is 0.650 bits per heavy atom. The third-order valence-electron chi connectivity index (χ3n) is 7.96. The molecule has 0 unspecified atom stereocenters. The second-order valence-electron chi connectivity index (χ2n) is 10.3. The van der Waals surface area contributed by atoms with Crippen LogP contribution in [0.3, 0.4) is 0 Å². The van der Waals surface area contributed by atoms with E-state index in [0.717, 1.165) is 0 Å². The van der Waals surface area contributed by atoms with Gasteiger partial charge in [-0.05, 0) is 18.4 Å². The van der Waals surface area contributed by atoms with E-state index in [1.54, 1.807) is 30.3 Å². The maximum Gasteiger partial charge on any atom is 0.460 e. The van der Waals surface area contributed by atoms with E-state index in [2.05, 4.69) is 4.99 Å². The van der Waals surface area contributed by atoms with Gasteiger partial charge in [0, 0.05) is 23.0 Å². The first kappa shape index (κ1) is 30.2. The molecule has 4 rings (SSSR count). The van der Waals surface area contributed by atoms with Crippen LogP contribution in [0.5, 0.6) is 0 Å². The molecule has 1 aliphatic carbocycles. The third-order valence-corrected chi connectivity index (χ3v) is 7.96. The van der Waals surface area contributed by atoms with Crippen LogP contribution >= 0.6 is 0 Å². The monoisotopic (exact) mass is 593 g/mol. The van der Waals surface area contributed by atoms with E-state index in [4.69, 9.17) is 0 Å². The SMILES string of the molecule is C[C@]12CCC[C@@]1(CC(F)(F)C(F)(F)C(F)(F)C(F)(F)C(F)(F)C(F)(F)F)N=C(c1ccccc1)c1ccccc12. The highest BCUT2D eigenvalue weighted by Crippen LogP contribution is 2.64. The molecule has 0 radical (unpaired) electrons. The van der Waals surface area contributed by atoms with Gasteiger partial charge in [-0.25, -0.2) is 0 Å². The minimum Gasteiger partial charge on any atom is -0.276 e. The van der Waals surface area contributed by atoms with Crippen LogP contribution in [0.2, 0.25) is 0 Å². The molecule has 1 saturated carbocycles. The first-order valence-corrected chi connectivity index (χ1v) is 11.8. The van der Waals surface area contributed by atoms with Crippen LogP contribution in [0.1, 0.15) is 49.3 Å². The second-order valence-corrected chi connectivity index (χ2v) is 10.3. The van der Waals surface area contributed by atoms with E-state index < -0.39 is 59.6 Å². The van der Waals surface area contributed by atoms with Gasteiger partial charge in [-0.3, -0.25) is 4.99 Å². The molecule has 1 nitrogen and oxygen atoms in total. The smallest absolute Gasteiger partial charge is 0.276 e. The lowest BCUT2D eigenvalue weighted by Gasteiger charge is -2.49. The molecule has 0 spiro atoms. The van der Waals surface area contributed by atoms with E-state index in [-0.39, 0.29) is 18.6 Å². The van der Waals surface area contributed by atoms with Crippen molar-refractivity contribution >= 4 is 5.71 Å². The molecule has 2 aromatic rings. The van der Waals surface area contributed by atoms with Gasteiger partial charge in [-0.1, -0.05) is 67.9 Å². The number of hydrogen-bond acceptors (Lipinski definition) is 1. The lowest BCUT2D eigenvalue weighted by Crippen LogP contribution is -2.71. The number of nitrogens with zero attached hydrogens (tertiary/aromatic N) is 1. The number of fused-ring (bicyclic) bond motifs is 3. The van der Waals surface area contributed by atoms with Gasteiger partial charge < -0.3 is 0 Å². The van der Waals surface area contributed by atoms with Gasteiger partial charge in [0.1, 0.15) is 0 Å². The van der Waals surface area contributed by atoms with Crippen molar-refractivity contribution in [3.05, 3.63) is 71.3 Å². The molecule has 0 bridgehead atoms. The second kappa shape index (κ2) is 8.85. The van der Waals surface area contributed by atoms with E-state index in [1.165, 1.54) is 31.2 Å². The number of benzene rings is 2. The average molecular weight is 593 g/mol. The molecule has 0 saturated heterocycles. The Morgan fingerprint density at radius 2 is 1.18 bits per heavy atom. The summed E-state index contributed by atoms with van der Waals surface area (Å²) in [5.74, 6) is -37.1. The first-order valence-electron chi connectivity index (χ1n) is 11.8. The van der Waals surface area contributed by atoms with Crippen molar-refractivity contribution in [3.63, 3.8) is 0 Å². The van der Waals surface area contributed by atoms with Crippen molar-refractivity contribution in [2.75, 3.05) is 0 Å². The lowest BCUT2D eigenvalue weighted by molar-refractivity contribution is -0.440. The van der Waals surface area contributed by atoms with Gasteiger partial charge in [0.15, 0.2) is 0 Å². The normalized spacial score (nSPS) is 24.4. The lowest BCUT2D eigenvalue weighted by atomic mass is 9.62. The zero-order chi connectivity index (χ0) is 30.2. The minimum atomic E-state index is -7.93. The Balaban J connectivity index is 1.87. The zero-order valence-corrected chi connectivity index (χ0v) is 20.4. The Labute approximate surface area is 219 Å². The van der Waals surface area contributed by atoms with Crippen LogP contribution in [-0.2, 0) is 5.41 Å². The van der Waals surface area contributed by atoms with Gasteiger partial charge in [0.25, 0.3) is 0 Å². The summed E-state index contributed by atoms with van der Waals surface area (Å²) in [5.41, 5.74) is -2.81. The van der Waals surface area contributed by atoms with Crippen molar-refractivity contribution in [2.45, 2.75) is 79.3 Å². The van der Waals surface area contributed by atoms with Crippen LogP contribution in [-0.4, -0.2) is 47.0 Å². The highest BCUT2D eigenvalue weighted by atomic mass is 19.4. The molecule has 0 aromatic heterocycles. The fraction of sp³-hybridized carbons (Fsp3) is 0.500. The molecular formula is C26H20F13N. The Bertz CT molecular complexity index is 1300. The average Bonchev–Trinajstić information content (AvgIpc) is 3.19. The molecule has 1 aliphatic heterocycles. The number of halogens is 13. The van der Waals surface area contributed by atoms with Gasteiger partial charge in [-0.2, -0.15) is 57.1 Å². The molecule has 0 N–H and O–H groups in total. The minimum absolute atomic E-state index is 0.00962. The van der Waals surface area contributed by atoms with Crippen molar-refractivity contribution in [1.82, 2.24) is 0 Å². The Kier molecular flexibility index (Phi) is 6.67. The molecule has 1 fully saturated rings. The highest BCUT2D eigenvalue weighted by Gasteiger charge is 2.91. The van der Waals surface area contributed by atoms with Crippen LogP contribution in [0, 0.1) is 0 Å². The van der Waals surface area contributed by atoms with E-state index >= 15 is 8.78 Å². The summed E-state index contributed by atoms with van der Waals surface area (Å²) in [4.78, 5) is 4.33. The van der Waals surface area contributed by atoms with E-state index in [9.17, 15) is 48.3 Å². The topological polar surface area (TPSA) is 12.4 Å². The molecule has 0 amide bonds. The van der Waals surface area contributed by atoms with E-state index in [1.807, 2.05) is 0 Å². The van der Waals surface area contributed by atoms with Crippen LogP contribution in [0.4, 0.5) is 57.1 Å². The number of hydrogen-bond donors (Lipinski definition) is 0. The quantitative estimate of drug-likeness (QED) is 0.285.